The molecule has 13 heteroatoms. The first-order valence-electron chi connectivity index (χ1n) is 13.8. The zero-order chi connectivity index (χ0) is 34.8. The Kier molecular flexibility index (Phi) is 17.6. The van der Waals surface area contributed by atoms with Crippen LogP contribution in [0.4, 0.5) is 22.7 Å². The molecule has 0 aromatic heterocycles. The van der Waals surface area contributed by atoms with E-state index in [2.05, 4.69) is 33.7 Å². The summed E-state index contributed by atoms with van der Waals surface area (Å²) in [6.45, 7) is 11.0. The molecule has 4 N–H and O–H groups in total. The highest BCUT2D eigenvalue weighted by atomic mass is 79.9. The topological polar surface area (TPSA) is 191 Å². The van der Waals surface area contributed by atoms with Crippen LogP contribution in [0.5, 0.6) is 0 Å². The Hall–Kier alpha value is -4.62. The highest BCUT2D eigenvalue weighted by molar-refractivity contribution is 9.10. The van der Waals surface area contributed by atoms with Crippen molar-refractivity contribution in [2.45, 2.75) is 91.3 Å². The SMILES string of the molecule is C#CCCCC(=O)OC(C)(C)C.CC(C)(C)OC(=O)CCCC#Cc1ccc([N+](=O)[O-])cc1N.Nc1cc([N+](=O)[O-])ccc1Br. The van der Waals surface area contributed by atoms with Crippen LogP contribution in [0.2, 0.25) is 0 Å². The number of anilines is 2. The van der Waals surface area contributed by atoms with Gasteiger partial charge in [0.25, 0.3) is 11.4 Å². The van der Waals surface area contributed by atoms with Crippen molar-refractivity contribution in [1.82, 2.24) is 0 Å². The lowest BCUT2D eigenvalue weighted by molar-refractivity contribution is -0.385. The summed E-state index contributed by atoms with van der Waals surface area (Å²) >= 11 is 3.13. The van der Waals surface area contributed by atoms with E-state index in [1.807, 2.05) is 41.5 Å². The van der Waals surface area contributed by atoms with Crippen LogP contribution < -0.4 is 11.5 Å². The molecule has 0 amide bonds. The van der Waals surface area contributed by atoms with Gasteiger partial charge in [0.05, 0.1) is 21.2 Å². The number of unbranched alkanes of at least 4 members (excludes halogenated alkanes) is 2. The van der Waals surface area contributed by atoms with E-state index in [1.54, 1.807) is 6.07 Å². The molecular weight excluding hydrogens is 648 g/mol. The lowest BCUT2D eigenvalue weighted by Crippen LogP contribution is -2.23. The number of carbonyl (C=O) groups excluding carboxylic acids is 2. The fraction of sp³-hybridized carbons (Fsp3) is 0.438. The summed E-state index contributed by atoms with van der Waals surface area (Å²) in [7, 11) is 0. The molecule has 0 aliphatic heterocycles. The number of nitro groups is 2. The number of halogens is 1. The molecule has 0 fully saturated rings. The summed E-state index contributed by atoms with van der Waals surface area (Å²) in [5.74, 6) is 7.82. The van der Waals surface area contributed by atoms with Crippen LogP contribution in [0.25, 0.3) is 0 Å². The molecule has 0 radical (unpaired) electrons. The first-order chi connectivity index (χ1) is 20.8. The van der Waals surface area contributed by atoms with Crippen LogP contribution in [0.3, 0.4) is 0 Å². The maximum absolute atomic E-state index is 11.5. The molecule has 0 aliphatic carbocycles. The molecule has 0 saturated heterocycles. The molecule has 0 heterocycles. The third-order valence-corrected chi connectivity index (χ3v) is 5.61. The standard InChI is InChI=1S/C16H20N2O4.C10H16O2.C6H5BrN2O2/c1-16(2,3)22-15(19)8-6-4-5-7-12-9-10-13(18(20)21)11-14(12)17;1-5-6-7-8-9(11)12-10(2,3)4;7-5-2-1-4(9(10)11)3-6(5)8/h9-11H,4,6,8,17H2,1-3H3;1H,6-8H2,2-4H3;1-3H,8H2. The van der Waals surface area contributed by atoms with Crippen molar-refractivity contribution < 1.29 is 28.9 Å². The monoisotopic (exact) mass is 688 g/mol. The number of nitrogens with zero attached hydrogens (tertiary/aromatic N) is 2. The number of esters is 2. The van der Waals surface area contributed by atoms with Gasteiger partial charge in [0.1, 0.15) is 11.2 Å². The first-order valence-corrected chi connectivity index (χ1v) is 14.6. The molecule has 244 valence electrons. The fourth-order valence-electron chi connectivity index (χ4n) is 3.02. The molecular formula is C32H41BrN4O8. The zero-order valence-corrected chi connectivity index (χ0v) is 28.1. The van der Waals surface area contributed by atoms with Crippen molar-refractivity contribution in [2.75, 3.05) is 11.5 Å². The zero-order valence-electron chi connectivity index (χ0n) is 26.5. The molecule has 0 saturated carbocycles. The van der Waals surface area contributed by atoms with E-state index in [0.717, 1.165) is 0 Å². The number of carbonyl (C=O) groups is 2. The van der Waals surface area contributed by atoms with E-state index in [9.17, 15) is 29.8 Å². The Balaban J connectivity index is 0.000000710. The highest BCUT2D eigenvalue weighted by Gasteiger charge is 2.16. The number of benzene rings is 2. The van der Waals surface area contributed by atoms with Gasteiger partial charge in [-0.2, -0.15) is 0 Å². The largest absolute Gasteiger partial charge is 0.460 e. The van der Waals surface area contributed by atoms with E-state index < -0.39 is 15.4 Å². The minimum atomic E-state index is -0.506. The van der Waals surface area contributed by atoms with Crippen LogP contribution in [0.1, 0.15) is 85.6 Å². The average Bonchev–Trinajstić information content (AvgIpc) is 2.89. The van der Waals surface area contributed by atoms with Crippen molar-refractivity contribution in [3.63, 3.8) is 0 Å². The second kappa shape index (κ2) is 19.6. The minimum Gasteiger partial charge on any atom is -0.460 e. The lowest BCUT2D eigenvalue weighted by atomic mass is 10.1. The Morgan fingerprint density at radius 2 is 1.27 bits per heavy atom. The third-order valence-electron chi connectivity index (χ3n) is 4.88. The Morgan fingerprint density at radius 3 is 1.67 bits per heavy atom. The Bertz CT molecular complexity index is 1430. The molecule has 2 aromatic rings. The summed E-state index contributed by atoms with van der Waals surface area (Å²) in [5.41, 5.74) is 11.4. The predicted molar refractivity (Wildman–Crippen MR) is 178 cm³/mol. The van der Waals surface area contributed by atoms with E-state index in [-0.39, 0.29) is 34.6 Å². The van der Waals surface area contributed by atoms with Gasteiger partial charge in [-0.25, -0.2) is 0 Å². The van der Waals surface area contributed by atoms with Crippen LogP contribution in [-0.4, -0.2) is 33.0 Å². The maximum atomic E-state index is 11.5. The highest BCUT2D eigenvalue weighted by Crippen LogP contribution is 2.24. The van der Waals surface area contributed by atoms with E-state index >= 15 is 0 Å². The van der Waals surface area contributed by atoms with Gasteiger partial charge >= 0.3 is 11.9 Å². The smallest absolute Gasteiger partial charge is 0.306 e. The second-order valence-corrected chi connectivity index (χ2v) is 12.2. The van der Waals surface area contributed by atoms with Crippen LogP contribution in [-0.2, 0) is 19.1 Å². The number of non-ortho nitro benzene ring substituents is 2. The van der Waals surface area contributed by atoms with Gasteiger partial charge in [0.2, 0.25) is 0 Å². The minimum absolute atomic E-state index is 0.00528. The molecule has 2 rings (SSSR count). The average molecular weight is 690 g/mol. The number of rotatable bonds is 8. The summed E-state index contributed by atoms with van der Waals surface area (Å²) < 4.78 is 10.9. The molecule has 0 atom stereocenters. The molecule has 12 nitrogen and oxygen atoms in total. The number of ether oxygens (including phenoxy) is 2. The maximum Gasteiger partial charge on any atom is 0.306 e. The van der Waals surface area contributed by atoms with Gasteiger partial charge in [-0.3, -0.25) is 29.8 Å². The van der Waals surface area contributed by atoms with Gasteiger partial charge in [-0.15, -0.1) is 12.3 Å². The van der Waals surface area contributed by atoms with Crippen LogP contribution in [0.15, 0.2) is 40.9 Å². The van der Waals surface area contributed by atoms with Gasteiger partial charge < -0.3 is 20.9 Å². The van der Waals surface area contributed by atoms with Gasteiger partial charge in [-0.05, 0) is 82.4 Å². The van der Waals surface area contributed by atoms with Crippen molar-refractivity contribution in [3.05, 3.63) is 66.7 Å². The summed E-state index contributed by atoms with van der Waals surface area (Å²) in [6.07, 6.45) is 8.23. The van der Waals surface area contributed by atoms with Gasteiger partial charge in [0, 0.05) is 60.0 Å². The number of nitrogens with two attached hydrogens (primary N) is 2. The van der Waals surface area contributed by atoms with Gasteiger partial charge in [0.15, 0.2) is 0 Å². The second-order valence-electron chi connectivity index (χ2n) is 11.4. The van der Waals surface area contributed by atoms with Crippen LogP contribution in [0, 0.1) is 44.4 Å². The third kappa shape index (κ3) is 20.1. The number of hydrogen-bond donors (Lipinski definition) is 2. The van der Waals surface area contributed by atoms with E-state index in [0.29, 0.717) is 54.2 Å². The normalized spacial score (nSPS) is 10.3. The molecule has 0 bridgehead atoms. The number of nitro benzene ring substituents is 2. The summed E-state index contributed by atoms with van der Waals surface area (Å²) in [6, 6.07) is 8.41. The molecule has 0 aliphatic rings. The molecule has 2 aromatic carbocycles. The van der Waals surface area contributed by atoms with Crippen molar-refractivity contribution in [1.29, 1.82) is 0 Å². The number of terminal acetylenes is 1. The molecule has 0 unspecified atom stereocenters. The fourth-order valence-corrected chi connectivity index (χ4v) is 3.27. The molecule has 45 heavy (non-hydrogen) atoms. The number of nitrogen functional groups attached to an aromatic ring is 2. The van der Waals surface area contributed by atoms with Crippen molar-refractivity contribution in [3.8, 4) is 24.2 Å². The first kappa shape index (κ1) is 40.4. The summed E-state index contributed by atoms with van der Waals surface area (Å²) in [4.78, 5) is 42.3. The summed E-state index contributed by atoms with van der Waals surface area (Å²) in [5, 5.41) is 20.8. The quantitative estimate of drug-likeness (QED) is 0.0721. The number of hydrogen-bond acceptors (Lipinski definition) is 10. The van der Waals surface area contributed by atoms with Crippen molar-refractivity contribution >= 4 is 50.6 Å². The van der Waals surface area contributed by atoms with Crippen LogP contribution >= 0.6 is 15.9 Å². The van der Waals surface area contributed by atoms with E-state index in [1.165, 1.54) is 30.3 Å². The van der Waals surface area contributed by atoms with Gasteiger partial charge in [-0.1, -0.05) is 11.8 Å². The Morgan fingerprint density at radius 1 is 0.822 bits per heavy atom. The Labute approximate surface area is 272 Å². The van der Waals surface area contributed by atoms with E-state index in [4.69, 9.17) is 27.4 Å². The predicted octanol–water partition coefficient (Wildman–Crippen LogP) is 7.11. The van der Waals surface area contributed by atoms with Crippen molar-refractivity contribution in [2.24, 2.45) is 0 Å². The lowest BCUT2D eigenvalue weighted by Gasteiger charge is -2.19. The molecule has 0 spiro atoms.